The monoisotopic (exact) mass is 539 g/mol. The molecule has 3 heterocycles. The molecule has 1 aliphatic heterocycles. The molecule has 15 nitrogen and oxygen atoms in total. The number of nitrogens with one attached hydrogen (secondary N) is 1. The van der Waals surface area contributed by atoms with Crippen LogP contribution in [0.1, 0.15) is 31.4 Å². The smallest absolute Gasteiger partial charge is 0.391 e. The average molecular weight is 539 g/mol. The van der Waals surface area contributed by atoms with Gasteiger partial charge in [0.25, 0.3) is 0 Å². The molecule has 0 radical (unpaired) electrons. The zero-order valence-electron chi connectivity index (χ0n) is 18.3. The van der Waals surface area contributed by atoms with E-state index < -0.39 is 49.1 Å². The predicted molar refractivity (Wildman–Crippen MR) is 118 cm³/mol. The minimum absolute atomic E-state index is 0.0811. The second-order valence-electron chi connectivity index (χ2n) is 7.29. The lowest BCUT2D eigenvalue weighted by Crippen LogP contribution is -2.43. The van der Waals surface area contributed by atoms with Crippen LogP contribution in [-0.4, -0.2) is 66.0 Å². The van der Waals surface area contributed by atoms with Gasteiger partial charge in [0, 0.05) is 47.8 Å². The summed E-state index contributed by atoms with van der Waals surface area (Å²) in [6.45, 7) is 0.984. The van der Waals surface area contributed by atoms with Crippen LogP contribution >= 0.6 is 24.3 Å². The van der Waals surface area contributed by atoms with E-state index in [1.807, 2.05) is 0 Å². The molecule has 0 saturated carbocycles. The molecule has 6 atom stereocenters. The highest BCUT2D eigenvalue weighted by Crippen LogP contribution is 2.55. The van der Waals surface area contributed by atoms with E-state index in [1.54, 1.807) is 31.8 Å². The molecule has 3 unspecified atom stereocenters. The van der Waals surface area contributed by atoms with Crippen molar-refractivity contribution in [1.82, 2.24) is 19.4 Å². The number of aryl methyl sites for hydroxylation is 1. The summed E-state index contributed by atoms with van der Waals surface area (Å²) in [6.07, 6.45) is 2.18. The molecule has 1 aliphatic rings. The molecule has 2 aromatic rings. The fraction of sp³-hybridized carbons (Fsp3) is 0.562. The Kier molecular flexibility index (Phi) is 8.46. The number of carbonyl (C=O) groups excluding carboxylic acids is 1. The van der Waals surface area contributed by atoms with Crippen LogP contribution in [0.4, 0.5) is 5.82 Å². The van der Waals surface area contributed by atoms with Gasteiger partial charge in [-0.25, -0.2) is 14.5 Å². The van der Waals surface area contributed by atoms with E-state index in [2.05, 4.69) is 23.9 Å². The highest BCUT2D eigenvalue weighted by atomic mass is 31.3. The lowest BCUT2D eigenvalue weighted by Gasteiger charge is -2.30. The molecule has 1 amide bonds. The number of aliphatic hydroxyl groups excluding tert-OH is 1. The lowest BCUT2D eigenvalue weighted by atomic mass is 10.1. The summed E-state index contributed by atoms with van der Waals surface area (Å²) in [7, 11) is -8.28. The summed E-state index contributed by atoms with van der Waals surface area (Å²) < 4.78 is 48.7. The van der Waals surface area contributed by atoms with Gasteiger partial charge in [0.2, 0.25) is 5.91 Å². The number of aromatic nitrogens is 3. The number of hydrogen-bond acceptors (Lipinski definition) is 11. The summed E-state index contributed by atoms with van der Waals surface area (Å²) in [4.78, 5) is 41.1. The van der Waals surface area contributed by atoms with Crippen LogP contribution in [0.3, 0.4) is 0 Å². The van der Waals surface area contributed by atoms with Crippen LogP contribution in [0.5, 0.6) is 0 Å². The van der Waals surface area contributed by atoms with Crippen molar-refractivity contribution in [3.05, 3.63) is 18.1 Å². The maximum absolute atomic E-state index is 12.9. The van der Waals surface area contributed by atoms with Crippen LogP contribution in [0, 0.1) is 0 Å². The number of fused-ring (bicyclic) bond motifs is 1. The Hall–Kier alpha value is -1.92. The molecule has 0 aliphatic carbocycles. The van der Waals surface area contributed by atoms with Gasteiger partial charge in [-0.1, -0.05) is 6.92 Å². The molecule has 2 aromatic heterocycles. The molecule has 1 saturated heterocycles. The molecule has 34 heavy (non-hydrogen) atoms. The van der Waals surface area contributed by atoms with Crippen LogP contribution in [-0.2, 0) is 38.7 Å². The Bertz CT molecular complexity index is 1160. The van der Waals surface area contributed by atoms with Crippen LogP contribution in [0.25, 0.3) is 11.0 Å². The van der Waals surface area contributed by atoms with Crippen LogP contribution in [0.15, 0.2) is 12.5 Å². The number of amides is 1. The second-order valence-corrected chi connectivity index (χ2v) is 10.7. The molecule has 0 spiro atoms. The Labute approximate surface area is 195 Å². The summed E-state index contributed by atoms with van der Waals surface area (Å²) in [5, 5.41) is 13.7. The number of hydrogen-bond donors (Lipinski definition) is 4. The van der Waals surface area contributed by atoms with Gasteiger partial charge in [-0.15, -0.1) is 4.89 Å². The van der Waals surface area contributed by atoms with Crippen molar-refractivity contribution in [3.63, 3.8) is 0 Å². The summed E-state index contributed by atoms with van der Waals surface area (Å²) in [5.74, 6) is 0.222. The molecule has 0 aromatic carbocycles. The topological polar surface area (TPSA) is 203 Å². The van der Waals surface area contributed by atoms with Crippen molar-refractivity contribution in [2.75, 3.05) is 19.0 Å². The van der Waals surface area contributed by atoms with Gasteiger partial charge in [-0.05, 0) is 4.31 Å². The molecule has 1 fully saturated rings. The first kappa shape index (κ1) is 26.7. The van der Waals surface area contributed by atoms with E-state index in [9.17, 15) is 28.5 Å². The number of likely N-dealkylation sites (tertiary alicyclic amines) is 1. The first-order chi connectivity index (χ1) is 16.0. The highest BCUT2D eigenvalue weighted by molar-refractivity contribution is 7.58. The van der Waals surface area contributed by atoms with Gasteiger partial charge in [-0.2, -0.15) is 0 Å². The fourth-order valence-electron chi connectivity index (χ4n) is 3.96. The maximum atomic E-state index is 12.9. The third-order valence-corrected chi connectivity index (χ3v) is 8.21. The largest absolute Gasteiger partial charge is 0.758 e. The van der Waals surface area contributed by atoms with Crippen molar-refractivity contribution >= 4 is 47.1 Å². The molecule has 0 bridgehead atoms. The minimum Gasteiger partial charge on any atom is -0.391 e. The fourth-order valence-corrected chi connectivity index (χ4v) is 6.01. The number of rotatable bonds is 10. The van der Waals surface area contributed by atoms with Crippen molar-refractivity contribution in [2.45, 2.75) is 38.0 Å². The molecule has 4 N–H and O–H groups in total. The molecular weight excluding hydrogens is 515 g/mol. The Morgan fingerprint density at radius 3 is 2.71 bits per heavy atom. The SMILES string of the molecule is CCC(=O)N1[C@@H](c2cn(C)c3c(NC)ncnc23)C[C@H](O)[C@H]1COP(=O)(O)O[P+](=O)O[P+](=O)O. The number of nitrogens with zero attached hydrogens (tertiary/aromatic N) is 4. The van der Waals surface area contributed by atoms with Gasteiger partial charge in [-0.3, -0.25) is 14.2 Å². The first-order valence-electron chi connectivity index (χ1n) is 9.94. The van der Waals surface area contributed by atoms with Gasteiger partial charge >= 0.3 is 24.3 Å². The van der Waals surface area contributed by atoms with E-state index in [1.165, 1.54) is 11.2 Å². The zero-order valence-corrected chi connectivity index (χ0v) is 21.0. The second kappa shape index (κ2) is 10.8. The number of carbonyl (C=O) groups is 1. The summed E-state index contributed by atoms with van der Waals surface area (Å²) >= 11 is 0. The Balaban J connectivity index is 1.88. The van der Waals surface area contributed by atoms with E-state index in [0.717, 1.165) is 0 Å². The zero-order chi connectivity index (χ0) is 25.2. The average Bonchev–Trinajstić information content (AvgIpc) is 3.27. The van der Waals surface area contributed by atoms with Crippen molar-refractivity contribution < 1.29 is 46.5 Å². The van der Waals surface area contributed by atoms with E-state index >= 15 is 0 Å². The first-order valence-corrected chi connectivity index (χ1v) is 13.7. The van der Waals surface area contributed by atoms with Gasteiger partial charge < -0.3 is 19.9 Å². The number of anilines is 1. The summed E-state index contributed by atoms with van der Waals surface area (Å²) in [6, 6.07) is -1.67. The standard InChI is InChI=1S/C16H22N5O10P3/c1-4-13(23)21-10(9-6-20(3)15-14(9)18-8-19-16(15)17-2)5-12(22)11(21)7-29-34(27,28)31-33(26)30-32(24)25/h6,8,10-12,22H,4-5,7H2,1-3H3,(H-2,17,18,19,24,25,27,28)/p+2/t10-,11-,12+/m1/s1. The van der Waals surface area contributed by atoms with Crippen LogP contribution < -0.4 is 5.32 Å². The van der Waals surface area contributed by atoms with E-state index in [4.69, 9.17) is 9.42 Å². The summed E-state index contributed by atoms with van der Waals surface area (Å²) in [5.41, 5.74) is 1.90. The molecular formula is C16H24N5O10P3+2. The quantitative estimate of drug-likeness (QED) is 0.319. The number of phosphoric ester groups is 1. The van der Waals surface area contributed by atoms with E-state index in [-0.39, 0.29) is 18.7 Å². The third kappa shape index (κ3) is 5.65. The third-order valence-electron chi connectivity index (χ3n) is 5.28. The Morgan fingerprint density at radius 1 is 1.38 bits per heavy atom. The minimum atomic E-state index is -5.02. The van der Waals surface area contributed by atoms with Crippen LogP contribution in [0.2, 0.25) is 0 Å². The van der Waals surface area contributed by atoms with Gasteiger partial charge in [0.15, 0.2) is 10.1 Å². The van der Waals surface area contributed by atoms with E-state index in [0.29, 0.717) is 22.4 Å². The van der Waals surface area contributed by atoms with Gasteiger partial charge in [0.05, 0.1) is 30.3 Å². The number of aliphatic hydroxyl groups is 1. The molecule has 3 rings (SSSR count). The molecule has 186 valence electrons. The van der Waals surface area contributed by atoms with Crippen molar-refractivity contribution in [3.8, 4) is 0 Å². The van der Waals surface area contributed by atoms with Crippen molar-refractivity contribution in [2.24, 2.45) is 7.05 Å². The number of phosphoric acid groups is 1. The maximum Gasteiger partial charge on any atom is 0.758 e. The normalized spacial score (nSPS) is 23.1. The van der Waals surface area contributed by atoms with Gasteiger partial charge in [0.1, 0.15) is 11.8 Å². The predicted octanol–water partition coefficient (Wildman–Crippen LogP) is 1.88. The Morgan fingerprint density at radius 2 is 2.09 bits per heavy atom. The molecule has 18 heteroatoms. The highest BCUT2D eigenvalue weighted by Gasteiger charge is 2.49. The lowest BCUT2D eigenvalue weighted by molar-refractivity contribution is -0.135. The van der Waals surface area contributed by atoms with Crippen molar-refractivity contribution in [1.29, 1.82) is 0 Å².